The highest BCUT2D eigenvalue weighted by atomic mass is 15.1. The molecule has 2 aromatic rings. The molecule has 2 aliphatic rings. The Morgan fingerprint density at radius 3 is 2.27 bits per heavy atom. The van der Waals surface area contributed by atoms with E-state index in [1.165, 1.54) is 70.1 Å². The molecule has 1 aromatic carbocycles. The van der Waals surface area contributed by atoms with E-state index in [1.54, 1.807) is 6.33 Å². The largest absolute Gasteiger partial charge is 0.372 e. The van der Waals surface area contributed by atoms with Crippen LogP contribution in [0.5, 0.6) is 0 Å². The number of hydrogen-bond acceptors (Lipinski definition) is 5. The van der Waals surface area contributed by atoms with Gasteiger partial charge in [0, 0.05) is 36.6 Å². The molecule has 0 bridgehead atoms. The van der Waals surface area contributed by atoms with E-state index in [0.717, 1.165) is 17.3 Å². The van der Waals surface area contributed by atoms with Crippen LogP contribution in [0.4, 0.5) is 23.0 Å². The summed E-state index contributed by atoms with van der Waals surface area (Å²) in [7, 11) is 0. The number of benzene rings is 1. The Hall–Kier alpha value is -2.30. The van der Waals surface area contributed by atoms with E-state index in [9.17, 15) is 0 Å². The van der Waals surface area contributed by atoms with Crippen LogP contribution in [0.1, 0.15) is 51.4 Å². The van der Waals surface area contributed by atoms with Crippen molar-refractivity contribution >= 4 is 23.0 Å². The van der Waals surface area contributed by atoms with Crippen molar-refractivity contribution in [2.75, 3.05) is 28.6 Å². The van der Waals surface area contributed by atoms with Crippen molar-refractivity contribution in [3.05, 3.63) is 36.7 Å². The summed E-state index contributed by atoms with van der Waals surface area (Å²) < 4.78 is 0. The third-order valence-electron chi connectivity index (χ3n) is 5.49. The number of nitrogens with zero attached hydrogens (tertiary/aromatic N) is 3. The van der Waals surface area contributed by atoms with Gasteiger partial charge in [-0.25, -0.2) is 9.97 Å². The molecule has 0 radical (unpaired) electrons. The zero-order chi connectivity index (χ0) is 17.6. The minimum atomic E-state index is 0.551. The van der Waals surface area contributed by atoms with Gasteiger partial charge in [0.2, 0.25) is 0 Å². The highest BCUT2D eigenvalue weighted by Gasteiger charge is 2.14. The number of aromatic nitrogens is 2. The topological polar surface area (TPSA) is 53.1 Å². The molecule has 1 aliphatic heterocycles. The lowest BCUT2D eigenvalue weighted by atomic mass is 9.95. The number of nitrogens with one attached hydrogen (secondary N) is 2. The van der Waals surface area contributed by atoms with E-state index in [-0.39, 0.29) is 0 Å². The van der Waals surface area contributed by atoms with Crippen LogP contribution in [-0.2, 0) is 0 Å². The van der Waals surface area contributed by atoms with Crippen LogP contribution < -0.4 is 15.5 Å². The molecule has 26 heavy (non-hydrogen) atoms. The fourth-order valence-corrected chi connectivity index (χ4v) is 4.02. The van der Waals surface area contributed by atoms with Gasteiger partial charge in [-0.15, -0.1) is 0 Å². The van der Waals surface area contributed by atoms with Gasteiger partial charge in [-0.1, -0.05) is 19.3 Å². The van der Waals surface area contributed by atoms with Gasteiger partial charge in [-0.05, 0) is 56.4 Å². The van der Waals surface area contributed by atoms with E-state index >= 15 is 0 Å². The lowest BCUT2D eigenvalue weighted by Gasteiger charge is -2.28. The van der Waals surface area contributed by atoms with Gasteiger partial charge in [0.1, 0.15) is 18.0 Å². The lowest BCUT2D eigenvalue weighted by Crippen LogP contribution is -2.29. The molecule has 138 valence electrons. The number of piperidine rings is 1. The van der Waals surface area contributed by atoms with E-state index in [0.29, 0.717) is 6.04 Å². The van der Waals surface area contributed by atoms with Gasteiger partial charge in [-0.2, -0.15) is 0 Å². The molecule has 1 aliphatic carbocycles. The number of anilines is 4. The quantitative estimate of drug-likeness (QED) is 0.798. The summed E-state index contributed by atoms with van der Waals surface area (Å²) in [4.78, 5) is 11.2. The predicted octanol–water partition coefficient (Wildman–Crippen LogP) is 4.96. The molecule has 0 atom stereocenters. The highest BCUT2D eigenvalue weighted by Crippen LogP contribution is 2.25. The fraction of sp³-hybridized carbons (Fsp3) is 0.524. The average molecular weight is 351 g/mol. The zero-order valence-corrected chi connectivity index (χ0v) is 15.5. The predicted molar refractivity (Wildman–Crippen MR) is 108 cm³/mol. The standard InChI is InChI=1S/C21H29N5/c1-3-7-17(8-4-1)24-20-15-21(23-16-22-20)25-18-9-11-19(12-10-18)26-13-5-2-6-14-26/h9-12,15-17H,1-8,13-14H2,(H2,22,23,24,25). The van der Waals surface area contributed by atoms with Gasteiger partial charge in [0.15, 0.2) is 0 Å². The molecule has 0 spiro atoms. The van der Waals surface area contributed by atoms with E-state index < -0.39 is 0 Å². The maximum absolute atomic E-state index is 4.38. The van der Waals surface area contributed by atoms with Crippen LogP contribution in [-0.4, -0.2) is 29.1 Å². The van der Waals surface area contributed by atoms with Crippen LogP contribution in [0.3, 0.4) is 0 Å². The van der Waals surface area contributed by atoms with Gasteiger partial charge in [0.25, 0.3) is 0 Å². The second kappa shape index (κ2) is 8.39. The van der Waals surface area contributed by atoms with Crippen molar-refractivity contribution in [2.24, 2.45) is 0 Å². The Bertz CT molecular complexity index is 688. The van der Waals surface area contributed by atoms with Crippen molar-refractivity contribution in [1.82, 2.24) is 9.97 Å². The molecular formula is C21H29N5. The highest BCUT2D eigenvalue weighted by molar-refractivity contribution is 5.62. The molecule has 2 heterocycles. The normalized spacial score (nSPS) is 18.5. The first-order chi connectivity index (χ1) is 12.9. The molecule has 4 rings (SSSR count). The second-order valence-electron chi connectivity index (χ2n) is 7.49. The third kappa shape index (κ3) is 4.45. The fourth-order valence-electron chi connectivity index (χ4n) is 4.02. The van der Waals surface area contributed by atoms with Crippen molar-refractivity contribution in [3.8, 4) is 0 Å². The Balaban J connectivity index is 1.38. The molecule has 2 N–H and O–H groups in total. The summed E-state index contributed by atoms with van der Waals surface area (Å²) in [5.74, 6) is 1.75. The summed E-state index contributed by atoms with van der Waals surface area (Å²) in [6.07, 6.45) is 12.1. The first-order valence-electron chi connectivity index (χ1n) is 10.1. The van der Waals surface area contributed by atoms with Crippen LogP contribution in [0, 0.1) is 0 Å². The minimum Gasteiger partial charge on any atom is -0.372 e. The van der Waals surface area contributed by atoms with Gasteiger partial charge in [0.05, 0.1) is 0 Å². The minimum absolute atomic E-state index is 0.551. The first-order valence-corrected chi connectivity index (χ1v) is 10.1. The van der Waals surface area contributed by atoms with Gasteiger partial charge < -0.3 is 15.5 Å². The monoisotopic (exact) mass is 351 g/mol. The number of hydrogen-bond donors (Lipinski definition) is 2. The Morgan fingerprint density at radius 2 is 1.50 bits per heavy atom. The summed E-state index contributed by atoms with van der Waals surface area (Å²) in [6, 6.07) is 11.2. The van der Waals surface area contributed by atoms with E-state index in [2.05, 4.69) is 49.8 Å². The lowest BCUT2D eigenvalue weighted by molar-refractivity contribution is 0.462. The summed E-state index contributed by atoms with van der Waals surface area (Å²) in [5.41, 5.74) is 2.38. The molecule has 1 saturated carbocycles. The van der Waals surface area contributed by atoms with Crippen LogP contribution in [0.25, 0.3) is 0 Å². The molecule has 1 saturated heterocycles. The maximum atomic E-state index is 4.38. The molecule has 5 heteroatoms. The van der Waals surface area contributed by atoms with Gasteiger partial charge in [-0.3, -0.25) is 0 Å². The molecule has 0 amide bonds. The van der Waals surface area contributed by atoms with E-state index in [4.69, 9.17) is 0 Å². The van der Waals surface area contributed by atoms with E-state index in [1.807, 2.05) is 6.07 Å². The molecule has 5 nitrogen and oxygen atoms in total. The van der Waals surface area contributed by atoms with Crippen molar-refractivity contribution in [1.29, 1.82) is 0 Å². The van der Waals surface area contributed by atoms with Crippen LogP contribution >= 0.6 is 0 Å². The van der Waals surface area contributed by atoms with Crippen LogP contribution in [0.15, 0.2) is 36.7 Å². The van der Waals surface area contributed by atoms with Crippen molar-refractivity contribution in [2.45, 2.75) is 57.4 Å². The van der Waals surface area contributed by atoms with Crippen molar-refractivity contribution in [3.63, 3.8) is 0 Å². The molecule has 2 fully saturated rings. The number of rotatable bonds is 5. The SMILES string of the molecule is c1nc(Nc2ccc(N3CCCCC3)cc2)cc(NC2CCCCC2)n1. The third-order valence-corrected chi connectivity index (χ3v) is 5.49. The molecular weight excluding hydrogens is 322 g/mol. The maximum Gasteiger partial charge on any atom is 0.135 e. The zero-order valence-electron chi connectivity index (χ0n) is 15.5. The molecule has 0 unspecified atom stereocenters. The Labute approximate surface area is 156 Å². The first kappa shape index (κ1) is 17.1. The summed E-state index contributed by atoms with van der Waals surface area (Å²) in [5, 5.41) is 6.96. The second-order valence-corrected chi connectivity index (χ2v) is 7.49. The Morgan fingerprint density at radius 1 is 0.808 bits per heavy atom. The Kier molecular flexibility index (Phi) is 5.53. The molecule has 1 aromatic heterocycles. The smallest absolute Gasteiger partial charge is 0.135 e. The van der Waals surface area contributed by atoms with Crippen LogP contribution in [0.2, 0.25) is 0 Å². The van der Waals surface area contributed by atoms with Gasteiger partial charge >= 0.3 is 0 Å². The summed E-state index contributed by atoms with van der Waals surface area (Å²) >= 11 is 0. The summed E-state index contributed by atoms with van der Waals surface area (Å²) in [6.45, 7) is 2.35. The van der Waals surface area contributed by atoms with Crippen molar-refractivity contribution < 1.29 is 0 Å². The average Bonchev–Trinajstić information content (AvgIpc) is 2.70.